The number of anilines is 2. The number of hydrogen-bond donors (Lipinski definition) is 3. The topological polar surface area (TPSA) is 87.3 Å². The third kappa shape index (κ3) is 4.92. The maximum atomic E-state index is 13.6. The smallest absolute Gasteiger partial charge is 0.251 e. The lowest BCUT2D eigenvalue weighted by Crippen LogP contribution is -2.33. The van der Waals surface area contributed by atoms with Crippen molar-refractivity contribution < 1.29 is 27.6 Å². The van der Waals surface area contributed by atoms with Gasteiger partial charge in [-0.15, -0.1) is 0 Å². The molecule has 0 aliphatic heterocycles. The molecule has 3 amide bonds. The van der Waals surface area contributed by atoms with Crippen LogP contribution in [0, 0.1) is 29.3 Å². The van der Waals surface area contributed by atoms with E-state index in [0.717, 1.165) is 12.5 Å². The summed E-state index contributed by atoms with van der Waals surface area (Å²) in [5.74, 6) is -5.81. The molecule has 1 saturated carbocycles. The van der Waals surface area contributed by atoms with Gasteiger partial charge in [0, 0.05) is 17.2 Å². The van der Waals surface area contributed by atoms with Crippen LogP contribution < -0.4 is 16.0 Å². The van der Waals surface area contributed by atoms with Crippen molar-refractivity contribution in [1.82, 2.24) is 5.32 Å². The van der Waals surface area contributed by atoms with Crippen LogP contribution in [0.15, 0.2) is 36.4 Å². The van der Waals surface area contributed by atoms with Crippen LogP contribution in [0.25, 0.3) is 0 Å². The molecule has 29 heavy (non-hydrogen) atoms. The van der Waals surface area contributed by atoms with Crippen molar-refractivity contribution in [3.05, 3.63) is 59.4 Å². The maximum absolute atomic E-state index is 13.6. The Morgan fingerprint density at radius 2 is 1.76 bits per heavy atom. The average Bonchev–Trinajstić information content (AvgIpc) is 3.43. The summed E-state index contributed by atoms with van der Waals surface area (Å²) in [6, 6.07) is 7.73. The molecule has 6 nitrogen and oxygen atoms in total. The fourth-order valence-corrected chi connectivity index (χ4v) is 2.74. The first kappa shape index (κ1) is 20.4. The van der Waals surface area contributed by atoms with Crippen LogP contribution in [0.5, 0.6) is 0 Å². The highest BCUT2D eigenvalue weighted by Gasteiger charge is 2.39. The standard InChI is InChI=1S/C20H18F3N3O3/c1-10-7-13(10)20(29)25-12-4-2-3-11(8-12)19(28)24-9-16(27)26-15-6-5-14(21)17(22)18(15)23/h2-6,8,10,13H,7,9H2,1H3,(H,24,28)(H,25,29)(H,26,27). The summed E-state index contributed by atoms with van der Waals surface area (Å²) >= 11 is 0. The van der Waals surface area contributed by atoms with Gasteiger partial charge in [-0.25, -0.2) is 13.2 Å². The molecular formula is C20H18F3N3O3. The predicted molar refractivity (Wildman–Crippen MR) is 99.6 cm³/mol. The Bertz CT molecular complexity index is 981. The summed E-state index contributed by atoms with van der Waals surface area (Å²) in [6.07, 6.45) is 0.833. The van der Waals surface area contributed by atoms with Gasteiger partial charge in [0.05, 0.1) is 12.2 Å². The minimum absolute atomic E-state index is 0.0205. The molecule has 3 N–H and O–H groups in total. The number of nitrogens with one attached hydrogen (secondary N) is 3. The Morgan fingerprint density at radius 1 is 1.03 bits per heavy atom. The second-order valence-corrected chi connectivity index (χ2v) is 6.84. The lowest BCUT2D eigenvalue weighted by molar-refractivity contribution is -0.117. The summed E-state index contributed by atoms with van der Waals surface area (Å²) in [6.45, 7) is 1.46. The number of carbonyl (C=O) groups is 3. The number of rotatable bonds is 6. The van der Waals surface area contributed by atoms with Gasteiger partial charge in [0.15, 0.2) is 17.5 Å². The molecule has 0 bridgehead atoms. The Kier molecular flexibility index (Phi) is 5.86. The van der Waals surface area contributed by atoms with Gasteiger partial charge >= 0.3 is 0 Å². The fraction of sp³-hybridized carbons (Fsp3) is 0.250. The van der Waals surface area contributed by atoms with Crippen LogP contribution in [0.2, 0.25) is 0 Å². The van der Waals surface area contributed by atoms with Gasteiger partial charge in [0.1, 0.15) is 0 Å². The van der Waals surface area contributed by atoms with Crippen molar-refractivity contribution in [2.24, 2.45) is 11.8 Å². The Hall–Kier alpha value is -3.36. The predicted octanol–water partition coefficient (Wildman–Crippen LogP) is 3.07. The van der Waals surface area contributed by atoms with E-state index >= 15 is 0 Å². The van der Waals surface area contributed by atoms with Gasteiger partial charge in [0.25, 0.3) is 5.91 Å². The number of amides is 3. The minimum atomic E-state index is -1.70. The van der Waals surface area contributed by atoms with Gasteiger partial charge in [0.2, 0.25) is 11.8 Å². The van der Waals surface area contributed by atoms with Crippen molar-refractivity contribution >= 4 is 29.1 Å². The van der Waals surface area contributed by atoms with Gasteiger partial charge < -0.3 is 16.0 Å². The summed E-state index contributed by atoms with van der Waals surface area (Å²) in [5.41, 5.74) is 0.121. The molecule has 3 rings (SSSR count). The molecule has 1 fully saturated rings. The van der Waals surface area contributed by atoms with Crippen molar-refractivity contribution in [1.29, 1.82) is 0 Å². The van der Waals surface area contributed by atoms with Crippen LogP contribution in [0.4, 0.5) is 24.5 Å². The number of hydrogen-bond acceptors (Lipinski definition) is 3. The molecule has 2 atom stereocenters. The van der Waals surface area contributed by atoms with Crippen LogP contribution in [0.3, 0.4) is 0 Å². The summed E-state index contributed by atoms with van der Waals surface area (Å²) in [7, 11) is 0. The zero-order valence-electron chi connectivity index (χ0n) is 15.4. The number of halogens is 3. The first-order valence-corrected chi connectivity index (χ1v) is 8.88. The van der Waals surface area contributed by atoms with Gasteiger partial charge in [-0.05, 0) is 42.7 Å². The molecule has 0 spiro atoms. The zero-order valence-corrected chi connectivity index (χ0v) is 15.4. The lowest BCUT2D eigenvalue weighted by atomic mass is 10.2. The van der Waals surface area contributed by atoms with Gasteiger partial charge in [-0.2, -0.15) is 0 Å². The molecule has 2 unspecified atom stereocenters. The third-order valence-electron chi connectivity index (χ3n) is 4.56. The fourth-order valence-electron chi connectivity index (χ4n) is 2.74. The van der Waals surface area contributed by atoms with E-state index in [1.165, 1.54) is 12.1 Å². The van der Waals surface area contributed by atoms with Crippen LogP contribution in [0.1, 0.15) is 23.7 Å². The van der Waals surface area contributed by atoms with E-state index in [1.807, 2.05) is 6.92 Å². The largest absolute Gasteiger partial charge is 0.343 e. The Morgan fingerprint density at radius 3 is 2.45 bits per heavy atom. The van der Waals surface area contributed by atoms with E-state index in [9.17, 15) is 27.6 Å². The molecule has 1 aliphatic rings. The van der Waals surface area contributed by atoms with Crippen molar-refractivity contribution in [2.75, 3.05) is 17.2 Å². The van der Waals surface area contributed by atoms with Crippen molar-refractivity contribution in [2.45, 2.75) is 13.3 Å². The quantitative estimate of drug-likeness (QED) is 0.646. The lowest BCUT2D eigenvalue weighted by Gasteiger charge is -2.10. The summed E-state index contributed by atoms with van der Waals surface area (Å²) in [5, 5.41) is 7.12. The second-order valence-electron chi connectivity index (χ2n) is 6.84. The molecule has 2 aromatic rings. The molecule has 0 heterocycles. The number of carbonyl (C=O) groups excluding carboxylic acids is 3. The van der Waals surface area contributed by atoms with E-state index in [0.29, 0.717) is 17.7 Å². The zero-order chi connectivity index (χ0) is 21.1. The normalized spacial score (nSPS) is 17.4. The Balaban J connectivity index is 1.55. The highest BCUT2D eigenvalue weighted by atomic mass is 19.2. The average molecular weight is 405 g/mol. The highest BCUT2D eigenvalue weighted by Crippen LogP contribution is 2.38. The van der Waals surface area contributed by atoms with Gasteiger partial charge in [-0.3, -0.25) is 14.4 Å². The van der Waals surface area contributed by atoms with E-state index in [-0.39, 0.29) is 17.4 Å². The maximum Gasteiger partial charge on any atom is 0.251 e. The van der Waals surface area contributed by atoms with E-state index in [2.05, 4.69) is 16.0 Å². The van der Waals surface area contributed by atoms with Crippen LogP contribution >= 0.6 is 0 Å². The molecule has 0 radical (unpaired) electrons. The summed E-state index contributed by atoms with van der Waals surface area (Å²) in [4.78, 5) is 36.1. The molecule has 1 aliphatic carbocycles. The van der Waals surface area contributed by atoms with Crippen molar-refractivity contribution in [3.8, 4) is 0 Å². The van der Waals surface area contributed by atoms with E-state index in [1.54, 1.807) is 12.1 Å². The first-order valence-electron chi connectivity index (χ1n) is 8.88. The van der Waals surface area contributed by atoms with Crippen molar-refractivity contribution in [3.63, 3.8) is 0 Å². The molecule has 2 aromatic carbocycles. The summed E-state index contributed by atoms with van der Waals surface area (Å²) < 4.78 is 39.7. The molecular weight excluding hydrogens is 387 g/mol. The third-order valence-corrected chi connectivity index (χ3v) is 4.56. The first-order chi connectivity index (χ1) is 13.8. The second kappa shape index (κ2) is 8.34. The van der Waals surface area contributed by atoms with E-state index in [4.69, 9.17) is 0 Å². The SMILES string of the molecule is CC1CC1C(=O)Nc1cccc(C(=O)NCC(=O)Nc2ccc(F)c(F)c2F)c1. The molecule has 152 valence electrons. The molecule has 9 heteroatoms. The monoisotopic (exact) mass is 405 g/mol. The van der Waals surface area contributed by atoms with E-state index < -0.39 is 41.5 Å². The molecule has 0 saturated heterocycles. The molecule has 0 aromatic heterocycles. The highest BCUT2D eigenvalue weighted by molar-refractivity contribution is 6.01. The van der Waals surface area contributed by atoms with Crippen LogP contribution in [-0.2, 0) is 9.59 Å². The number of benzene rings is 2. The Labute approximate surface area is 164 Å². The van der Waals surface area contributed by atoms with Gasteiger partial charge in [-0.1, -0.05) is 13.0 Å². The minimum Gasteiger partial charge on any atom is -0.343 e. The van der Waals surface area contributed by atoms with Crippen LogP contribution in [-0.4, -0.2) is 24.3 Å².